The molecular formula is C10H16O4. The number of ether oxygens (including phenoxy) is 3. The fourth-order valence-electron chi connectivity index (χ4n) is 0.628. The van der Waals surface area contributed by atoms with Gasteiger partial charge >= 0.3 is 5.97 Å². The van der Waals surface area contributed by atoms with Gasteiger partial charge in [0.25, 0.3) is 0 Å². The van der Waals surface area contributed by atoms with Crippen LogP contribution in [0.25, 0.3) is 0 Å². The monoisotopic (exact) mass is 200 g/mol. The van der Waals surface area contributed by atoms with Gasteiger partial charge in [0.05, 0.1) is 18.3 Å². The van der Waals surface area contributed by atoms with Crippen molar-refractivity contribution >= 4 is 5.97 Å². The Labute approximate surface area is 84.1 Å². The molecule has 0 heterocycles. The molecule has 0 aromatic heterocycles. The number of hydrogen-bond acceptors (Lipinski definition) is 4. The summed E-state index contributed by atoms with van der Waals surface area (Å²) in [6, 6.07) is 0. The van der Waals surface area contributed by atoms with Crippen molar-refractivity contribution < 1.29 is 19.0 Å². The molecule has 4 nitrogen and oxygen atoms in total. The minimum absolute atomic E-state index is 0.0969. The van der Waals surface area contributed by atoms with E-state index in [1.807, 2.05) is 0 Å². The van der Waals surface area contributed by atoms with Gasteiger partial charge in [-0.25, -0.2) is 4.79 Å². The Hall–Kier alpha value is -1.13. The largest absolute Gasteiger partial charge is 0.435 e. The molecule has 0 radical (unpaired) electrons. The maximum Gasteiger partial charge on any atom is 0.338 e. The standard InChI is InChI=1S/C10H16O4/c1-5-6-13-7-14-10(11)8(2)9(3)12-4/h5,9H,1-2,6-7H2,3-4H3. The predicted molar refractivity (Wildman–Crippen MR) is 52.7 cm³/mol. The van der Waals surface area contributed by atoms with E-state index in [0.717, 1.165) is 0 Å². The molecule has 0 aromatic rings. The maximum atomic E-state index is 11.2. The van der Waals surface area contributed by atoms with Crippen molar-refractivity contribution in [1.29, 1.82) is 0 Å². The lowest BCUT2D eigenvalue weighted by Crippen LogP contribution is -2.19. The highest BCUT2D eigenvalue weighted by molar-refractivity contribution is 5.88. The van der Waals surface area contributed by atoms with Crippen LogP contribution in [0.4, 0.5) is 0 Å². The summed E-state index contributed by atoms with van der Waals surface area (Å²) in [7, 11) is 1.50. The molecule has 0 aliphatic heterocycles. The third-order valence-corrected chi connectivity index (χ3v) is 1.62. The molecule has 0 fully saturated rings. The van der Waals surface area contributed by atoms with E-state index >= 15 is 0 Å². The van der Waals surface area contributed by atoms with Gasteiger partial charge in [-0.1, -0.05) is 12.7 Å². The van der Waals surface area contributed by atoms with Gasteiger partial charge in [-0.15, -0.1) is 6.58 Å². The first-order chi connectivity index (χ1) is 6.63. The van der Waals surface area contributed by atoms with Gasteiger partial charge in [-0.2, -0.15) is 0 Å². The van der Waals surface area contributed by atoms with Crippen molar-refractivity contribution in [3.8, 4) is 0 Å². The van der Waals surface area contributed by atoms with Crippen LogP contribution in [0, 0.1) is 0 Å². The van der Waals surface area contributed by atoms with Gasteiger partial charge in [0.15, 0.2) is 6.79 Å². The van der Waals surface area contributed by atoms with E-state index in [1.165, 1.54) is 7.11 Å². The molecule has 0 rings (SSSR count). The van der Waals surface area contributed by atoms with Crippen molar-refractivity contribution in [3.63, 3.8) is 0 Å². The van der Waals surface area contributed by atoms with E-state index in [0.29, 0.717) is 6.61 Å². The number of esters is 1. The van der Waals surface area contributed by atoms with Crippen LogP contribution >= 0.6 is 0 Å². The normalized spacial score (nSPS) is 11.9. The minimum atomic E-state index is -0.511. The Bertz CT molecular complexity index is 210. The van der Waals surface area contributed by atoms with E-state index in [1.54, 1.807) is 13.0 Å². The zero-order valence-corrected chi connectivity index (χ0v) is 8.62. The van der Waals surface area contributed by atoms with Gasteiger partial charge in [0.1, 0.15) is 0 Å². The summed E-state index contributed by atoms with van der Waals surface area (Å²) >= 11 is 0. The van der Waals surface area contributed by atoms with E-state index in [2.05, 4.69) is 13.2 Å². The molecule has 0 saturated carbocycles. The van der Waals surface area contributed by atoms with Gasteiger partial charge < -0.3 is 14.2 Å². The number of hydrogen-bond donors (Lipinski definition) is 0. The Morgan fingerprint density at radius 1 is 1.57 bits per heavy atom. The minimum Gasteiger partial charge on any atom is -0.435 e. The van der Waals surface area contributed by atoms with Crippen molar-refractivity contribution in [2.24, 2.45) is 0 Å². The molecule has 0 amide bonds. The van der Waals surface area contributed by atoms with E-state index in [4.69, 9.17) is 14.2 Å². The lowest BCUT2D eigenvalue weighted by Gasteiger charge is -2.11. The van der Waals surface area contributed by atoms with E-state index < -0.39 is 5.97 Å². The topological polar surface area (TPSA) is 44.8 Å². The lowest BCUT2D eigenvalue weighted by molar-refractivity contribution is -0.151. The van der Waals surface area contributed by atoms with Crippen molar-refractivity contribution in [1.82, 2.24) is 0 Å². The van der Waals surface area contributed by atoms with E-state index in [9.17, 15) is 4.79 Å². The Morgan fingerprint density at radius 2 is 2.21 bits per heavy atom. The number of methoxy groups -OCH3 is 1. The second-order valence-corrected chi connectivity index (χ2v) is 2.61. The third kappa shape index (κ3) is 4.79. The zero-order chi connectivity index (χ0) is 11.0. The summed E-state index contributed by atoms with van der Waals surface area (Å²) < 4.78 is 14.5. The summed E-state index contributed by atoms with van der Waals surface area (Å²) in [5.74, 6) is -0.511. The van der Waals surface area contributed by atoms with E-state index in [-0.39, 0.29) is 18.5 Å². The Kier molecular flexibility index (Phi) is 6.70. The summed E-state index contributed by atoms with van der Waals surface area (Å²) in [5, 5.41) is 0. The quantitative estimate of drug-likeness (QED) is 0.204. The molecule has 0 aliphatic rings. The third-order valence-electron chi connectivity index (χ3n) is 1.62. The molecule has 0 saturated heterocycles. The number of rotatable bonds is 7. The van der Waals surface area contributed by atoms with Gasteiger partial charge in [-0.3, -0.25) is 0 Å². The highest BCUT2D eigenvalue weighted by Crippen LogP contribution is 2.04. The average Bonchev–Trinajstić information content (AvgIpc) is 2.21. The van der Waals surface area contributed by atoms with Gasteiger partial charge in [-0.05, 0) is 6.92 Å². The highest BCUT2D eigenvalue weighted by Gasteiger charge is 2.14. The molecule has 0 aliphatic carbocycles. The SMILES string of the molecule is C=CCOCOC(=O)C(=C)C(C)OC. The van der Waals surface area contributed by atoms with Crippen molar-refractivity contribution in [2.75, 3.05) is 20.5 Å². The van der Waals surface area contributed by atoms with Crippen LogP contribution in [0.3, 0.4) is 0 Å². The smallest absolute Gasteiger partial charge is 0.338 e. The molecule has 4 heteroatoms. The molecule has 0 aromatic carbocycles. The molecule has 0 bridgehead atoms. The van der Waals surface area contributed by atoms with Gasteiger partial charge in [0, 0.05) is 7.11 Å². The molecule has 0 spiro atoms. The maximum absolute atomic E-state index is 11.2. The summed E-state index contributed by atoms with van der Waals surface area (Å²) in [5.41, 5.74) is 0.273. The van der Waals surface area contributed by atoms with Crippen LogP contribution in [0.15, 0.2) is 24.8 Å². The fraction of sp³-hybridized carbons (Fsp3) is 0.500. The molecule has 0 N–H and O–H groups in total. The second kappa shape index (κ2) is 7.29. The van der Waals surface area contributed by atoms with Crippen LogP contribution in [-0.4, -0.2) is 32.6 Å². The van der Waals surface area contributed by atoms with Crippen LogP contribution in [0.1, 0.15) is 6.92 Å². The fourth-order valence-corrected chi connectivity index (χ4v) is 0.628. The summed E-state index contributed by atoms with van der Waals surface area (Å²) in [6.45, 7) is 8.97. The van der Waals surface area contributed by atoms with Crippen LogP contribution in [0.2, 0.25) is 0 Å². The predicted octanol–water partition coefficient (Wildman–Crippen LogP) is 1.28. The Balaban J connectivity index is 3.73. The first-order valence-electron chi connectivity index (χ1n) is 4.20. The molecule has 1 unspecified atom stereocenters. The molecule has 1 atom stereocenters. The molecule has 80 valence electrons. The highest BCUT2D eigenvalue weighted by atomic mass is 16.7. The number of carbonyl (C=O) groups excluding carboxylic acids is 1. The average molecular weight is 200 g/mol. The van der Waals surface area contributed by atoms with Crippen molar-refractivity contribution in [3.05, 3.63) is 24.8 Å². The van der Waals surface area contributed by atoms with Crippen LogP contribution < -0.4 is 0 Å². The first-order valence-corrected chi connectivity index (χ1v) is 4.20. The number of carbonyl (C=O) groups is 1. The van der Waals surface area contributed by atoms with Gasteiger partial charge in [0.2, 0.25) is 0 Å². The zero-order valence-electron chi connectivity index (χ0n) is 8.62. The Morgan fingerprint density at radius 3 is 2.71 bits per heavy atom. The summed E-state index contributed by atoms with van der Waals surface area (Å²) in [6.07, 6.45) is 1.22. The lowest BCUT2D eigenvalue weighted by atomic mass is 10.2. The second-order valence-electron chi connectivity index (χ2n) is 2.61. The molecule has 14 heavy (non-hydrogen) atoms. The van der Waals surface area contributed by atoms with Crippen LogP contribution in [0.5, 0.6) is 0 Å². The summed E-state index contributed by atoms with van der Waals surface area (Å²) in [4.78, 5) is 11.2. The first kappa shape index (κ1) is 12.9. The van der Waals surface area contributed by atoms with Crippen LogP contribution in [-0.2, 0) is 19.0 Å². The van der Waals surface area contributed by atoms with Crippen molar-refractivity contribution in [2.45, 2.75) is 13.0 Å². The molecular weight excluding hydrogens is 184 g/mol.